The number of hydrogen-bond acceptors (Lipinski definition) is 6. The molecule has 0 aromatic heterocycles. The molecule has 2 rings (SSSR count). The minimum atomic E-state index is -6.76. The summed E-state index contributed by atoms with van der Waals surface area (Å²) in [5.41, 5.74) is -0.891. The van der Waals surface area contributed by atoms with E-state index in [1.165, 1.54) is 6.92 Å². The van der Waals surface area contributed by atoms with Gasteiger partial charge in [0.15, 0.2) is 11.6 Å². The normalized spacial score (nSPS) is 20.8. The Balaban J connectivity index is 2.33. The molecule has 0 spiro atoms. The Morgan fingerprint density at radius 3 is 1.83 bits per heavy atom. The van der Waals surface area contributed by atoms with Crippen molar-refractivity contribution in [3.8, 4) is 0 Å². The lowest BCUT2D eigenvalue weighted by Crippen LogP contribution is -2.56. The van der Waals surface area contributed by atoms with Crippen LogP contribution in [0.3, 0.4) is 0 Å². The third-order valence-electron chi connectivity index (χ3n) is 4.45. The summed E-state index contributed by atoms with van der Waals surface area (Å²) < 4.78 is 98.8. The largest absolute Gasteiger partial charge is 0.466 e. The monoisotopic (exact) mass is 448 g/mol. The van der Waals surface area contributed by atoms with E-state index in [9.17, 15) is 49.9 Å². The van der Waals surface area contributed by atoms with Crippen LogP contribution in [0.25, 0.3) is 0 Å². The van der Waals surface area contributed by atoms with Gasteiger partial charge >= 0.3 is 30.0 Å². The van der Waals surface area contributed by atoms with E-state index < -0.39 is 77.5 Å². The van der Waals surface area contributed by atoms with E-state index in [0.717, 1.165) is 0 Å². The second-order valence-corrected chi connectivity index (χ2v) is 6.75. The number of Topliss-reactive ketones (excluding diaryl/α,β-unsaturated/α-hetero) is 2. The molecule has 2 fully saturated rings. The molecule has 30 heavy (non-hydrogen) atoms. The summed E-state index contributed by atoms with van der Waals surface area (Å²) in [7, 11) is 0. The predicted molar refractivity (Wildman–Crippen MR) is 81.2 cm³/mol. The lowest BCUT2D eigenvalue weighted by atomic mass is 9.82. The van der Waals surface area contributed by atoms with E-state index in [1.54, 1.807) is 0 Å². The molecule has 2 saturated carbocycles. The zero-order valence-electron chi connectivity index (χ0n) is 15.3. The maximum absolute atomic E-state index is 13.6. The molecule has 0 aliphatic heterocycles. The first-order valence-electron chi connectivity index (χ1n) is 8.66. The molecule has 0 atom stereocenters. The van der Waals surface area contributed by atoms with E-state index in [2.05, 4.69) is 9.47 Å². The molecule has 6 nitrogen and oxygen atoms in total. The molecule has 0 bridgehead atoms. The van der Waals surface area contributed by atoms with Crippen molar-refractivity contribution in [2.45, 2.75) is 50.6 Å². The summed E-state index contributed by atoms with van der Waals surface area (Å²) in [4.78, 5) is 47.8. The second kappa shape index (κ2) is 7.99. The number of halogens is 7. The molecule has 0 amide bonds. The third-order valence-corrected chi connectivity index (χ3v) is 4.45. The van der Waals surface area contributed by atoms with Crippen LogP contribution in [0.5, 0.6) is 0 Å². The Hall–Kier alpha value is -2.47. The van der Waals surface area contributed by atoms with Crippen LogP contribution in [0.2, 0.25) is 0 Å². The summed E-state index contributed by atoms with van der Waals surface area (Å²) >= 11 is 0. The van der Waals surface area contributed by atoms with E-state index in [0.29, 0.717) is 0 Å². The van der Waals surface area contributed by atoms with Crippen molar-refractivity contribution in [3.63, 3.8) is 0 Å². The van der Waals surface area contributed by atoms with Gasteiger partial charge in [0.1, 0.15) is 5.76 Å². The second-order valence-electron chi connectivity index (χ2n) is 6.75. The van der Waals surface area contributed by atoms with Gasteiger partial charge in [0, 0.05) is 18.8 Å². The Morgan fingerprint density at radius 1 is 0.933 bits per heavy atom. The summed E-state index contributed by atoms with van der Waals surface area (Å²) in [6.45, 7) is 1.42. The predicted octanol–water partition coefficient (Wildman–Crippen LogP) is 3.14. The molecule has 2 aliphatic carbocycles. The minimum Gasteiger partial charge on any atom is -0.466 e. The molecule has 0 saturated heterocycles. The molecular formula is C17H15F7O6. The van der Waals surface area contributed by atoms with Crippen LogP contribution in [0.1, 0.15) is 32.6 Å². The fourth-order valence-corrected chi connectivity index (χ4v) is 2.74. The van der Waals surface area contributed by atoms with Crippen molar-refractivity contribution >= 4 is 23.5 Å². The van der Waals surface area contributed by atoms with Crippen LogP contribution in [-0.2, 0) is 28.7 Å². The van der Waals surface area contributed by atoms with Gasteiger partial charge in [-0.15, -0.1) is 0 Å². The van der Waals surface area contributed by atoms with Crippen molar-refractivity contribution in [1.29, 1.82) is 0 Å². The Labute approximate surface area is 164 Å². The van der Waals surface area contributed by atoms with Crippen molar-refractivity contribution in [2.24, 2.45) is 11.8 Å². The Morgan fingerprint density at radius 2 is 1.43 bits per heavy atom. The highest BCUT2D eigenvalue weighted by Gasteiger charge is 2.77. The Bertz CT molecular complexity index is 775. The van der Waals surface area contributed by atoms with Crippen molar-refractivity contribution in [3.05, 3.63) is 11.3 Å². The van der Waals surface area contributed by atoms with Gasteiger partial charge in [-0.05, 0) is 19.8 Å². The minimum absolute atomic E-state index is 0.0478. The van der Waals surface area contributed by atoms with Gasteiger partial charge in [0.2, 0.25) is 0 Å². The topological polar surface area (TPSA) is 86.7 Å². The van der Waals surface area contributed by atoms with Crippen LogP contribution in [0.4, 0.5) is 30.7 Å². The highest BCUT2D eigenvalue weighted by atomic mass is 19.4. The molecule has 0 radical (unpaired) electrons. The highest BCUT2D eigenvalue weighted by molar-refractivity contribution is 6.23. The standard InChI is InChI=1S/C17H15F7O6/c1-2-29-13(27)8-5-9(25)11(10(26)6-8)12(7-3-4-7)30-14(28)15(18,19)16(20,21)17(22,23)24/h7-8H,2-6H2,1H3. The average molecular weight is 448 g/mol. The first kappa shape index (κ1) is 23.8. The first-order valence-corrected chi connectivity index (χ1v) is 8.66. The number of allylic oxidation sites excluding steroid dienone is 2. The number of ketones is 2. The summed E-state index contributed by atoms with van der Waals surface area (Å²) in [6, 6.07) is 0. The highest BCUT2D eigenvalue weighted by Crippen LogP contribution is 2.48. The molecule has 0 unspecified atom stereocenters. The fraction of sp³-hybridized carbons (Fsp3) is 0.647. The summed E-state index contributed by atoms with van der Waals surface area (Å²) in [5, 5.41) is 0. The number of esters is 2. The number of alkyl halides is 7. The Kier molecular flexibility index (Phi) is 6.34. The first-order chi connectivity index (χ1) is 13.6. The molecule has 0 N–H and O–H groups in total. The number of rotatable bonds is 6. The average Bonchev–Trinajstić information content (AvgIpc) is 3.43. The third kappa shape index (κ3) is 4.33. The molecule has 168 valence electrons. The van der Waals surface area contributed by atoms with Crippen LogP contribution < -0.4 is 0 Å². The maximum atomic E-state index is 13.6. The van der Waals surface area contributed by atoms with Crippen LogP contribution >= 0.6 is 0 Å². The van der Waals surface area contributed by atoms with Crippen molar-refractivity contribution < 1.29 is 59.4 Å². The molecule has 13 heteroatoms. The number of carbonyl (C=O) groups is 4. The van der Waals surface area contributed by atoms with E-state index in [1.807, 2.05) is 0 Å². The van der Waals surface area contributed by atoms with Gasteiger partial charge in [-0.25, -0.2) is 4.79 Å². The quantitative estimate of drug-likeness (QED) is 0.204. The molecule has 0 heterocycles. The molecule has 0 aromatic carbocycles. The van der Waals surface area contributed by atoms with Gasteiger partial charge in [-0.2, -0.15) is 30.7 Å². The summed E-state index contributed by atoms with van der Waals surface area (Å²) in [6.07, 6.45) is -7.73. The molecule has 0 aromatic rings. The van der Waals surface area contributed by atoms with Crippen molar-refractivity contribution in [1.82, 2.24) is 0 Å². The maximum Gasteiger partial charge on any atom is 0.460 e. The van der Waals surface area contributed by atoms with Crippen molar-refractivity contribution in [2.75, 3.05) is 6.61 Å². The van der Waals surface area contributed by atoms with E-state index in [4.69, 9.17) is 0 Å². The number of hydrogen-bond donors (Lipinski definition) is 0. The van der Waals surface area contributed by atoms with Gasteiger partial charge < -0.3 is 9.47 Å². The molecular weight excluding hydrogens is 433 g/mol. The van der Waals surface area contributed by atoms with Crippen LogP contribution in [-0.4, -0.2) is 48.1 Å². The smallest absolute Gasteiger partial charge is 0.460 e. The van der Waals surface area contributed by atoms with Gasteiger partial charge in [0.05, 0.1) is 18.1 Å². The van der Waals surface area contributed by atoms with Gasteiger partial charge in [-0.1, -0.05) is 0 Å². The fourth-order valence-electron chi connectivity index (χ4n) is 2.74. The number of ether oxygens (including phenoxy) is 2. The number of carbonyl (C=O) groups excluding carboxylic acids is 4. The zero-order valence-corrected chi connectivity index (χ0v) is 15.3. The molecule has 2 aliphatic rings. The lowest BCUT2D eigenvalue weighted by Gasteiger charge is -2.27. The SMILES string of the molecule is CCOC(=O)C1CC(=O)C(=C(OC(=O)C(F)(F)C(F)(F)C(F)(F)F)C2CC2)C(=O)C1. The van der Waals surface area contributed by atoms with Gasteiger partial charge in [0.25, 0.3) is 0 Å². The summed E-state index contributed by atoms with van der Waals surface area (Å²) in [5.74, 6) is -22.5. The zero-order chi connectivity index (χ0) is 23.1. The van der Waals surface area contributed by atoms with Crippen LogP contribution in [0, 0.1) is 11.8 Å². The van der Waals surface area contributed by atoms with Gasteiger partial charge in [-0.3, -0.25) is 14.4 Å². The van der Waals surface area contributed by atoms with E-state index in [-0.39, 0.29) is 19.4 Å². The van der Waals surface area contributed by atoms with E-state index >= 15 is 0 Å². The lowest BCUT2D eigenvalue weighted by molar-refractivity contribution is -0.347. The van der Waals surface area contributed by atoms with Crippen LogP contribution in [0.15, 0.2) is 11.3 Å².